The van der Waals surface area contributed by atoms with Crippen molar-refractivity contribution in [2.24, 2.45) is 0 Å². The standard InChI is InChI=1S/C13H19ClFNO2/c1-17-7-8-18-6-2-5-16-10-11-3-4-13(15)12(14)9-11/h3-4,9,16H,2,5-8,10H2,1H3. The highest BCUT2D eigenvalue weighted by atomic mass is 35.5. The molecule has 1 aromatic carbocycles. The van der Waals surface area contributed by atoms with Gasteiger partial charge in [-0.2, -0.15) is 0 Å². The van der Waals surface area contributed by atoms with Crippen molar-refractivity contribution in [2.45, 2.75) is 13.0 Å². The minimum Gasteiger partial charge on any atom is -0.382 e. The average molecular weight is 276 g/mol. The van der Waals surface area contributed by atoms with Gasteiger partial charge in [0.15, 0.2) is 0 Å². The van der Waals surface area contributed by atoms with E-state index in [2.05, 4.69) is 5.32 Å². The summed E-state index contributed by atoms with van der Waals surface area (Å²) in [5, 5.41) is 3.41. The number of hydrogen-bond acceptors (Lipinski definition) is 3. The highest BCUT2D eigenvalue weighted by Crippen LogP contribution is 2.15. The SMILES string of the molecule is COCCOCCCNCc1ccc(F)c(Cl)c1. The molecule has 0 aliphatic carbocycles. The molecule has 0 heterocycles. The van der Waals surface area contributed by atoms with Gasteiger partial charge in [0.05, 0.1) is 18.2 Å². The lowest BCUT2D eigenvalue weighted by Gasteiger charge is -2.06. The molecule has 0 amide bonds. The fourth-order valence-corrected chi connectivity index (χ4v) is 1.63. The molecule has 0 atom stereocenters. The van der Waals surface area contributed by atoms with Crippen LogP contribution >= 0.6 is 11.6 Å². The van der Waals surface area contributed by atoms with Gasteiger partial charge in [-0.25, -0.2) is 4.39 Å². The molecule has 0 aliphatic heterocycles. The van der Waals surface area contributed by atoms with Gasteiger partial charge in [-0.15, -0.1) is 0 Å². The van der Waals surface area contributed by atoms with Crippen LogP contribution in [0.1, 0.15) is 12.0 Å². The van der Waals surface area contributed by atoms with Crippen molar-refractivity contribution in [1.29, 1.82) is 0 Å². The molecule has 0 saturated carbocycles. The molecule has 0 aliphatic rings. The Morgan fingerprint density at radius 3 is 2.83 bits per heavy atom. The zero-order chi connectivity index (χ0) is 13.2. The Labute approximate surface area is 112 Å². The van der Waals surface area contributed by atoms with Crippen molar-refractivity contribution >= 4 is 11.6 Å². The van der Waals surface area contributed by atoms with Crippen LogP contribution in [0.5, 0.6) is 0 Å². The minimum atomic E-state index is -0.382. The first-order valence-electron chi connectivity index (χ1n) is 5.95. The van der Waals surface area contributed by atoms with Crippen LogP contribution in [0.15, 0.2) is 18.2 Å². The second-order valence-corrected chi connectivity index (χ2v) is 4.29. The van der Waals surface area contributed by atoms with Crippen LogP contribution in [0, 0.1) is 5.82 Å². The predicted octanol–water partition coefficient (Wildman–Crippen LogP) is 2.62. The van der Waals surface area contributed by atoms with Crippen LogP contribution in [-0.2, 0) is 16.0 Å². The molecule has 0 bridgehead atoms. The van der Waals surface area contributed by atoms with Crippen molar-refractivity contribution in [3.8, 4) is 0 Å². The molecule has 5 heteroatoms. The van der Waals surface area contributed by atoms with Crippen molar-refractivity contribution in [3.05, 3.63) is 34.6 Å². The third kappa shape index (κ3) is 6.31. The van der Waals surface area contributed by atoms with Gasteiger partial charge in [-0.05, 0) is 30.7 Å². The van der Waals surface area contributed by atoms with Crippen LogP contribution in [0.4, 0.5) is 4.39 Å². The molecule has 0 radical (unpaired) electrons. The maximum Gasteiger partial charge on any atom is 0.141 e. The molecule has 0 fully saturated rings. The quantitative estimate of drug-likeness (QED) is 0.703. The molecule has 1 rings (SSSR count). The molecule has 0 saturated heterocycles. The minimum absolute atomic E-state index is 0.164. The summed E-state index contributed by atoms with van der Waals surface area (Å²) in [7, 11) is 1.65. The monoisotopic (exact) mass is 275 g/mol. The fraction of sp³-hybridized carbons (Fsp3) is 0.538. The van der Waals surface area contributed by atoms with Crippen molar-refractivity contribution in [2.75, 3.05) is 33.5 Å². The summed E-state index contributed by atoms with van der Waals surface area (Å²) in [5.74, 6) is -0.382. The lowest BCUT2D eigenvalue weighted by molar-refractivity contribution is 0.0695. The molecule has 0 aromatic heterocycles. The van der Waals surface area contributed by atoms with E-state index in [1.165, 1.54) is 6.07 Å². The second kappa shape index (κ2) is 9.28. The van der Waals surface area contributed by atoms with Crippen molar-refractivity contribution in [1.82, 2.24) is 5.32 Å². The lowest BCUT2D eigenvalue weighted by atomic mass is 10.2. The van der Waals surface area contributed by atoms with E-state index >= 15 is 0 Å². The fourth-order valence-electron chi connectivity index (χ4n) is 1.43. The summed E-state index contributed by atoms with van der Waals surface area (Å²) in [6, 6.07) is 4.75. The number of hydrogen-bond donors (Lipinski definition) is 1. The largest absolute Gasteiger partial charge is 0.382 e. The van der Waals surface area contributed by atoms with Crippen LogP contribution in [0.3, 0.4) is 0 Å². The van der Waals surface area contributed by atoms with E-state index in [1.54, 1.807) is 19.2 Å². The Morgan fingerprint density at radius 2 is 2.11 bits per heavy atom. The Balaban J connectivity index is 2.05. The van der Waals surface area contributed by atoms with Crippen LogP contribution in [-0.4, -0.2) is 33.5 Å². The van der Waals surface area contributed by atoms with E-state index in [4.69, 9.17) is 21.1 Å². The summed E-state index contributed by atoms with van der Waals surface area (Å²) in [6.45, 7) is 3.49. The number of rotatable bonds is 9. The van der Waals surface area contributed by atoms with Gasteiger partial charge in [0.1, 0.15) is 5.82 Å². The van der Waals surface area contributed by atoms with Gasteiger partial charge in [0.25, 0.3) is 0 Å². The molecule has 1 N–H and O–H groups in total. The maximum atomic E-state index is 12.9. The number of benzene rings is 1. The Hall–Kier alpha value is -0.680. The van der Waals surface area contributed by atoms with Gasteiger partial charge in [-0.3, -0.25) is 0 Å². The van der Waals surface area contributed by atoms with E-state index in [1.807, 2.05) is 0 Å². The third-order valence-electron chi connectivity index (χ3n) is 2.39. The Bertz CT molecular complexity index is 350. The molecular formula is C13H19ClFNO2. The summed E-state index contributed by atoms with van der Waals surface area (Å²) < 4.78 is 23.1. The normalized spacial score (nSPS) is 10.8. The Kier molecular flexibility index (Phi) is 7.93. The summed E-state index contributed by atoms with van der Waals surface area (Å²) in [5.41, 5.74) is 0.974. The molecule has 3 nitrogen and oxygen atoms in total. The van der Waals surface area contributed by atoms with Gasteiger partial charge >= 0.3 is 0 Å². The number of nitrogens with one attached hydrogen (secondary N) is 1. The van der Waals surface area contributed by atoms with E-state index < -0.39 is 0 Å². The van der Waals surface area contributed by atoms with Crippen LogP contribution < -0.4 is 5.32 Å². The molecule has 18 heavy (non-hydrogen) atoms. The first kappa shape index (κ1) is 15.4. The molecule has 102 valence electrons. The third-order valence-corrected chi connectivity index (χ3v) is 2.68. The van der Waals surface area contributed by atoms with Gasteiger partial charge in [0, 0.05) is 20.3 Å². The lowest BCUT2D eigenvalue weighted by Crippen LogP contribution is -2.17. The van der Waals surface area contributed by atoms with Crippen LogP contribution in [0.25, 0.3) is 0 Å². The summed E-state index contributed by atoms with van der Waals surface area (Å²) >= 11 is 5.69. The first-order chi connectivity index (χ1) is 8.74. The number of halogens is 2. The van der Waals surface area contributed by atoms with E-state index in [0.29, 0.717) is 26.4 Å². The first-order valence-corrected chi connectivity index (χ1v) is 6.33. The van der Waals surface area contributed by atoms with Gasteiger partial charge < -0.3 is 14.8 Å². The molecule has 1 aromatic rings. The van der Waals surface area contributed by atoms with Crippen LogP contribution in [0.2, 0.25) is 5.02 Å². The highest BCUT2D eigenvalue weighted by molar-refractivity contribution is 6.30. The highest BCUT2D eigenvalue weighted by Gasteiger charge is 2.00. The summed E-state index contributed by atoms with van der Waals surface area (Å²) in [6.07, 6.45) is 0.929. The van der Waals surface area contributed by atoms with E-state index in [0.717, 1.165) is 18.5 Å². The number of ether oxygens (including phenoxy) is 2. The van der Waals surface area contributed by atoms with E-state index in [-0.39, 0.29) is 10.8 Å². The smallest absolute Gasteiger partial charge is 0.141 e. The second-order valence-electron chi connectivity index (χ2n) is 3.88. The molecule has 0 spiro atoms. The van der Waals surface area contributed by atoms with Gasteiger partial charge in [-0.1, -0.05) is 17.7 Å². The molecule has 0 unspecified atom stereocenters. The van der Waals surface area contributed by atoms with E-state index in [9.17, 15) is 4.39 Å². The zero-order valence-electron chi connectivity index (χ0n) is 10.5. The van der Waals surface area contributed by atoms with Crippen molar-refractivity contribution < 1.29 is 13.9 Å². The predicted molar refractivity (Wildman–Crippen MR) is 70.4 cm³/mol. The summed E-state index contributed by atoms with van der Waals surface area (Å²) in [4.78, 5) is 0. The zero-order valence-corrected chi connectivity index (χ0v) is 11.3. The maximum absolute atomic E-state index is 12.9. The van der Waals surface area contributed by atoms with Crippen molar-refractivity contribution in [3.63, 3.8) is 0 Å². The topological polar surface area (TPSA) is 30.5 Å². The Morgan fingerprint density at radius 1 is 1.28 bits per heavy atom. The van der Waals surface area contributed by atoms with Gasteiger partial charge in [0.2, 0.25) is 0 Å². The average Bonchev–Trinajstić information content (AvgIpc) is 2.37. The molecular weight excluding hydrogens is 257 g/mol. The number of methoxy groups -OCH3 is 1.